The molecule has 0 atom stereocenters. The van der Waals surface area contributed by atoms with Crippen LogP contribution in [0.3, 0.4) is 0 Å². The topological polar surface area (TPSA) is 29.1 Å². The van der Waals surface area contributed by atoms with Crippen LogP contribution >= 0.6 is 39.1 Å². The Balaban J connectivity index is 2.52. The van der Waals surface area contributed by atoms with Gasteiger partial charge in [0.05, 0.1) is 16.5 Å². The molecule has 0 aliphatic carbocycles. The number of rotatable bonds is 5. The van der Waals surface area contributed by atoms with Crippen LogP contribution in [-0.4, -0.2) is 17.8 Å². The molecule has 1 rings (SSSR count). The van der Waals surface area contributed by atoms with Crippen molar-refractivity contribution in [3.63, 3.8) is 0 Å². The molecule has 0 aliphatic rings. The molecule has 0 aliphatic heterocycles. The number of benzene rings is 1. The van der Waals surface area contributed by atoms with Crippen LogP contribution in [0.15, 0.2) is 18.2 Å². The molecule has 0 spiro atoms. The number of carbonyl (C=O) groups is 1. The maximum absolute atomic E-state index is 11.8. The quantitative estimate of drug-likeness (QED) is 0.795. The normalized spacial score (nSPS) is 11.4. The van der Waals surface area contributed by atoms with E-state index in [-0.39, 0.29) is 11.3 Å². The van der Waals surface area contributed by atoms with Gasteiger partial charge >= 0.3 is 0 Å². The van der Waals surface area contributed by atoms with Gasteiger partial charge in [0.25, 0.3) is 0 Å². The molecular formula is C13H16BrCl2NO. The van der Waals surface area contributed by atoms with Gasteiger partial charge < -0.3 is 5.32 Å². The van der Waals surface area contributed by atoms with Crippen molar-refractivity contribution < 1.29 is 4.79 Å². The van der Waals surface area contributed by atoms with E-state index < -0.39 is 0 Å². The number of hydrogen-bond acceptors (Lipinski definition) is 1. The SMILES string of the molecule is CC(C)(CBr)CNC(=O)Cc1ccc(Cl)c(Cl)c1. The number of hydrogen-bond donors (Lipinski definition) is 1. The summed E-state index contributed by atoms with van der Waals surface area (Å²) in [7, 11) is 0. The Hall–Kier alpha value is -0.250. The first-order chi connectivity index (χ1) is 8.34. The molecule has 0 aromatic heterocycles. The Morgan fingerprint density at radius 1 is 1.33 bits per heavy atom. The zero-order chi connectivity index (χ0) is 13.8. The summed E-state index contributed by atoms with van der Waals surface area (Å²) in [6.07, 6.45) is 0.315. The summed E-state index contributed by atoms with van der Waals surface area (Å²) < 4.78 is 0. The fourth-order valence-corrected chi connectivity index (χ4v) is 1.80. The molecule has 100 valence electrons. The van der Waals surface area contributed by atoms with E-state index in [0.29, 0.717) is 23.0 Å². The van der Waals surface area contributed by atoms with E-state index >= 15 is 0 Å². The second kappa shape index (κ2) is 6.78. The molecule has 0 fully saturated rings. The third kappa shape index (κ3) is 5.17. The standard InChI is InChI=1S/C13H16BrCl2NO/c1-13(2,7-14)8-17-12(18)6-9-3-4-10(15)11(16)5-9/h3-5H,6-8H2,1-2H3,(H,17,18). The molecule has 1 amide bonds. The van der Waals surface area contributed by atoms with Crippen molar-refractivity contribution in [3.05, 3.63) is 33.8 Å². The molecular weight excluding hydrogens is 337 g/mol. The predicted octanol–water partition coefficient (Wildman–Crippen LogP) is 4.07. The fraction of sp³-hybridized carbons (Fsp3) is 0.462. The van der Waals surface area contributed by atoms with E-state index in [2.05, 4.69) is 35.1 Å². The van der Waals surface area contributed by atoms with E-state index in [0.717, 1.165) is 10.9 Å². The van der Waals surface area contributed by atoms with E-state index in [1.165, 1.54) is 0 Å². The van der Waals surface area contributed by atoms with Crippen molar-refractivity contribution in [2.75, 3.05) is 11.9 Å². The zero-order valence-corrected chi connectivity index (χ0v) is 13.5. The molecule has 18 heavy (non-hydrogen) atoms. The number of amides is 1. The summed E-state index contributed by atoms with van der Waals surface area (Å²) in [4.78, 5) is 11.8. The molecule has 0 heterocycles. The van der Waals surface area contributed by atoms with E-state index in [4.69, 9.17) is 23.2 Å². The fourth-order valence-electron chi connectivity index (χ4n) is 1.28. The summed E-state index contributed by atoms with van der Waals surface area (Å²) in [5.41, 5.74) is 0.909. The Morgan fingerprint density at radius 3 is 2.56 bits per heavy atom. The van der Waals surface area contributed by atoms with Gasteiger partial charge in [-0.05, 0) is 23.1 Å². The largest absolute Gasteiger partial charge is 0.355 e. The van der Waals surface area contributed by atoms with E-state index in [1.54, 1.807) is 12.1 Å². The second-order valence-electron chi connectivity index (χ2n) is 5.00. The molecule has 5 heteroatoms. The van der Waals surface area contributed by atoms with Gasteiger partial charge in [0.2, 0.25) is 5.91 Å². The number of carbonyl (C=O) groups excluding carboxylic acids is 1. The van der Waals surface area contributed by atoms with Crippen LogP contribution in [0, 0.1) is 5.41 Å². The van der Waals surface area contributed by atoms with Crippen LogP contribution in [0.4, 0.5) is 0 Å². The Kier molecular flexibility index (Phi) is 5.96. The second-order valence-corrected chi connectivity index (χ2v) is 6.37. The van der Waals surface area contributed by atoms with Crippen LogP contribution in [0.1, 0.15) is 19.4 Å². The lowest BCUT2D eigenvalue weighted by molar-refractivity contribution is -0.120. The maximum atomic E-state index is 11.8. The minimum absolute atomic E-state index is 0.0117. The van der Waals surface area contributed by atoms with Gasteiger partial charge in [0.1, 0.15) is 0 Å². The van der Waals surface area contributed by atoms with Crippen molar-refractivity contribution >= 4 is 45.0 Å². The molecule has 1 aromatic rings. The van der Waals surface area contributed by atoms with Gasteiger partial charge in [-0.25, -0.2) is 0 Å². The van der Waals surface area contributed by atoms with Gasteiger partial charge in [-0.15, -0.1) is 0 Å². The highest BCUT2D eigenvalue weighted by Gasteiger charge is 2.17. The van der Waals surface area contributed by atoms with Crippen molar-refractivity contribution in [2.45, 2.75) is 20.3 Å². The van der Waals surface area contributed by atoms with Crippen molar-refractivity contribution in [2.24, 2.45) is 5.41 Å². The van der Waals surface area contributed by atoms with Crippen molar-refractivity contribution in [1.29, 1.82) is 0 Å². The lowest BCUT2D eigenvalue weighted by atomic mass is 9.97. The first-order valence-electron chi connectivity index (χ1n) is 5.61. The Labute approximate surface area is 126 Å². The van der Waals surface area contributed by atoms with Crippen LogP contribution in [0.5, 0.6) is 0 Å². The molecule has 2 nitrogen and oxygen atoms in total. The van der Waals surface area contributed by atoms with E-state index in [1.807, 2.05) is 6.07 Å². The highest BCUT2D eigenvalue weighted by molar-refractivity contribution is 9.09. The third-order valence-electron chi connectivity index (χ3n) is 2.47. The minimum atomic E-state index is -0.0117. The maximum Gasteiger partial charge on any atom is 0.224 e. The summed E-state index contributed by atoms with van der Waals surface area (Å²) in [5, 5.41) is 4.73. The molecule has 0 radical (unpaired) electrons. The summed E-state index contributed by atoms with van der Waals surface area (Å²) in [6, 6.07) is 5.23. The van der Waals surface area contributed by atoms with Crippen LogP contribution in [0.2, 0.25) is 10.0 Å². The molecule has 0 saturated carbocycles. The smallest absolute Gasteiger partial charge is 0.224 e. The van der Waals surface area contributed by atoms with Gasteiger partial charge in [0.15, 0.2) is 0 Å². The van der Waals surface area contributed by atoms with E-state index in [9.17, 15) is 4.79 Å². The number of alkyl halides is 1. The Morgan fingerprint density at radius 2 is 2.00 bits per heavy atom. The molecule has 0 saturated heterocycles. The van der Waals surface area contributed by atoms with Crippen LogP contribution in [0.25, 0.3) is 0 Å². The van der Waals surface area contributed by atoms with Crippen molar-refractivity contribution in [1.82, 2.24) is 5.32 Å². The highest BCUT2D eigenvalue weighted by Crippen LogP contribution is 2.22. The van der Waals surface area contributed by atoms with Gasteiger partial charge in [-0.2, -0.15) is 0 Å². The molecule has 0 unspecified atom stereocenters. The lowest BCUT2D eigenvalue weighted by Gasteiger charge is -2.21. The lowest BCUT2D eigenvalue weighted by Crippen LogP contribution is -2.35. The number of halogens is 3. The number of nitrogens with one attached hydrogen (secondary N) is 1. The van der Waals surface area contributed by atoms with Gasteiger partial charge in [-0.3, -0.25) is 4.79 Å². The van der Waals surface area contributed by atoms with Crippen molar-refractivity contribution in [3.8, 4) is 0 Å². The first-order valence-corrected chi connectivity index (χ1v) is 7.48. The predicted molar refractivity (Wildman–Crippen MR) is 80.8 cm³/mol. The van der Waals surface area contributed by atoms with Crippen LogP contribution in [-0.2, 0) is 11.2 Å². The van der Waals surface area contributed by atoms with Gasteiger partial charge in [0, 0.05) is 11.9 Å². The highest BCUT2D eigenvalue weighted by atomic mass is 79.9. The monoisotopic (exact) mass is 351 g/mol. The minimum Gasteiger partial charge on any atom is -0.355 e. The summed E-state index contributed by atoms with van der Waals surface area (Å²) in [6.45, 7) is 4.81. The first kappa shape index (κ1) is 15.8. The average Bonchev–Trinajstić information content (AvgIpc) is 2.32. The molecule has 0 bridgehead atoms. The van der Waals surface area contributed by atoms with Gasteiger partial charge in [-0.1, -0.05) is 59.0 Å². The molecule has 1 aromatic carbocycles. The Bertz CT molecular complexity index is 435. The zero-order valence-electron chi connectivity index (χ0n) is 10.4. The third-order valence-corrected chi connectivity index (χ3v) is 4.73. The molecule has 1 N–H and O–H groups in total. The summed E-state index contributed by atoms with van der Waals surface area (Å²) in [5.74, 6) is -0.0117. The average molecular weight is 353 g/mol. The van der Waals surface area contributed by atoms with Crippen LogP contribution < -0.4 is 5.32 Å². The summed E-state index contributed by atoms with van der Waals surface area (Å²) >= 11 is 15.1.